The monoisotopic (exact) mass is 262 g/mol. The van der Waals surface area contributed by atoms with E-state index < -0.39 is 5.97 Å². The zero-order valence-corrected chi connectivity index (χ0v) is 11.2. The molecular weight excluding hydrogens is 244 g/mol. The molecular formula is C14H18N2O3. The summed E-state index contributed by atoms with van der Waals surface area (Å²) in [7, 11) is 0. The molecule has 1 saturated heterocycles. The summed E-state index contributed by atoms with van der Waals surface area (Å²) in [6.07, 6.45) is 1.64. The second-order valence-electron chi connectivity index (χ2n) is 4.98. The summed E-state index contributed by atoms with van der Waals surface area (Å²) in [4.78, 5) is 29.2. The largest absolute Gasteiger partial charge is 0.481 e. The first-order valence-electron chi connectivity index (χ1n) is 6.46. The van der Waals surface area contributed by atoms with Gasteiger partial charge in [0.05, 0.1) is 17.7 Å². The first kappa shape index (κ1) is 13.5. The second-order valence-corrected chi connectivity index (χ2v) is 4.98. The van der Waals surface area contributed by atoms with Crippen molar-refractivity contribution in [1.29, 1.82) is 0 Å². The molecule has 1 N–H and O–H groups in total. The number of aryl methyl sites for hydroxylation is 2. The van der Waals surface area contributed by atoms with E-state index in [9.17, 15) is 9.59 Å². The molecule has 0 aromatic carbocycles. The predicted octanol–water partition coefficient (Wildman–Crippen LogP) is 1.78. The fraction of sp³-hybridized carbons (Fsp3) is 0.500. The van der Waals surface area contributed by atoms with Crippen molar-refractivity contribution in [3.8, 4) is 0 Å². The van der Waals surface area contributed by atoms with Crippen LogP contribution in [0.15, 0.2) is 12.1 Å². The number of likely N-dealkylation sites (tertiary alicyclic amines) is 1. The summed E-state index contributed by atoms with van der Waals surface area (Å²) < 4.78 is 0. The highest BCUT2D eigenvalue weighted by atomic mass is 16.4. The third kappa shape index (κ3) is 2.92. The van der Waals surface area contributed by atoms with Crippen LogP contribution in [0, 0.1) is 13.8 Å². The van der Waals surface area contributed by atoms with Gasteiger partial charge in [-0.15, -0.1) is 0 Å². The van der Waals surface area contributed by atoms with Crippen molar-refractivity contribution in [1.82, 2.24) is 9.88 Å². The average Bonchev–Trinajstić information content (AvgIpc) is 2.75. The van der Waals surface area contributed by atoms with Crippen LogP contribution >= 0.6 is 0 Å². The molecule has 1 aromatic rings. The Morgan fingerprint density at radius 1 is 1.42 bits per heavy atom. The van der Waals surface area contributed by atoms with E-state index in [4.69, 9.17) is 5.11 Å². The Bertz CT molecular complexity index is 513. The highest BCUT2D eigenvalue weighted by molar-refractivity contribution is 5.95. The lowest BCUT2D eigenvalue weighted by Crippen LogP contribution is -2.37. The van der Waals surface area contributed by atoms with Crippen molar-refractivity contribution in [3.05, 3.63) is 29.1 Å². The molecule has 1 fully saturated rings. The molecule has 1 atom stereocenters. The van der Waals surface area contributed by atoms with Crippen molar-refractivity contribution >= 4 is 11.9 Å². The average molecular weight is 262 g/mol. The molecule has 5 nitrogen and oxygen atoms in total. The maximum absolute atomic E-state index is 12.5. The molecule has 5 heteroatoms. The number of rotatable bonds is 3. The number of carbonyl (C=O) groups excluding carboxylic acids is 1. The summed E-state index contributed by atoms with van der Waals surface area (Å²) in [6.45, 7) is 4.32. The van der Waals surface area contributed by atoms with E-state index in [2.05, 4.69) is 4.98 Å². The maximum atomic E-state index is 12.5. The van der Waals surface area contributed by atoms with Crippen LogP contribution in [0.3, 0.4) is 0 Å². The number of carboxylic acids is 1. The quantitative estimate of drug-likeness (QED) is 0.901. The summed E-state index contributed by atoms with van der Waals surface area (Å²) in [5, 5.41) is 8.88. The predicted molar refractivity (Wildman–Crippen MR) is 70.0 cm³/mol. The number of pyridine rings is 1. The van der Waals surface area contributed by atoms with Gasteiger partial charge in [0.2, 0.25) is 0 Å². The van der Waals surface area contributed by atoms with Gasteiger partial charge >= 0.3 is 5.97 Å². The first-order valence-corrected chi connectivity index (χ1v) is 6.46. The third-order valence-electron chi connectivity index (χ3n) is 3.50. The minimum atomic E-state index is -0.858. The molecule has 0 spiro atoms. The Hall–Kier alpha value is -1.91. The molecule has 2 rings (SSSR count). The van der Waals surface area contributed by atoms with Gasteiger partial charge in [-0.2, -0.15) is 0 Å². The van der Waals surface area contributed by atoms with Crippen molar-refractivity contribution in [2.45, 2.75) is 39.2 Å². The lowest BCUT2D eigenvalue weighted by atomic mass is 10.1. The minimum Gasteiger partial charge on any atom is -0.481 e. The van der Waals surface area contributed by atoms with Crippen LogP contribution in [-0.4, -0.2) is 39.5 Å². The Labute approximate surface area is 112 Å². The van der Waals surface area contributed by atoms with Crippen molar-refractivity contribution in [2.75, 3.05) is 6.54 Å². The van der Waals surface area contributed by atoms with E-state index in [0.717, 1.165) is 18.5 Å². The third-order valence-corrected chi connectivity index (χ3v) is 3.50. The van der Waals surface area contributed by atoms with E-state index in [1.807, 2.05) is 19.9 Å². The number of carbonyl (C=O) groups is 2. The number of hydrogen-bond acceptors (Lipinski definition) is 3. The molecule has 1 amide bonds. The molecule has 19 heavy (non-hydrogen) atoms. The molecule has 0 saturated carbocycles. The minimum absolute atomic E-state index is 0.0179. The molecule has 1 aliphatic rings. The molecule has 0 bridgehead atoms. The van der Waals surface area contributed by atoms with E-state index in [0.29, 0.717) is 17.8 Å². The number of amides is 1. The van der Waals surface area contributed by atoms with Crippen LogP contribution in [0.5, 0.6) is 0 Å². The highest BCUT2D eigenvalue weighted by Crippen LogP contribution is 2.23. The number of hydrogen-bond donors (Lipinski definition) is 1. The van der Waals surface area contributed by atoms with Gasteiger partial charge in [-0.3, -0.25) is 14.6 Å². The van der Waals surface area contributed by atoms with E-state index >= 15 is 0 Å². The van der Waals surface area contributed by atoms with Crippen molar-refractivity contribution in [2.24, 2.45) is 0 Å². The Morgan fingerprint density at radius 3 is 2.79 bits per heavy atom. The van der Waals surface area contributed by atoms with Crippen LogP contribution in [0.2, 0.25) is 0 Å². The van der Waals surface area contributed by atoms with Crippen LogP contribution in [-0.2, 0) is 4.79 Å². The fourth-order valence-electron chi connectivity index (χ4n) is 2.58. The topological polar surface area (TPSA) is 70.5 Å². The van der Waals surface area contributed by atoms with Crippen LogP contribution in [0.4, 0.5) is 0 Å². The van der Waals surface area contributed by atoms with Gasteiger partial charge in [0.25, 0.3) is 5.91 Å². The number of aromatic nitrogens is 1. The number of nitrogens with zero attached hydrogens (tertiary/aromatic N) is 2. The summed E-state index contributed by atoms with van der Waals surface area (Å²) >= 11 is 0. The fourth-order valence-corrected chi connectivity index (χ4v) is 2.58. The van der Waals surface area contributed by atoms with Crippen LogP contribution in [0.25, 0.3) is 0 Å². The van der Waals surface area contributed by atoms with Crippen molar-refractivity contribution < 1.29 is 14.7 Å². The Balaban J connectivity index is 2.20. The van der Waals surface area contributed by atoms with Gasteiger partial charge in [0, 0.05) is 18.3 Å². The van der Waals surface area contributed by atoms with E-state index in [1.54, 1.807) is 11.0 Å². The maximum Gasteiger partial charge on any atom is 0.305 e. The van der Waals surface area contributed by atoms with Gasteiger partial charge in [-0.25, -0.2) is 0 Å². The molecule has 1 unspecified atom stereocenters. The summed E-state index contributed by atoms with van der Waals surface area (Å²) in [6, 6.07) is 3.39. The lowest BCUT2D eigenvalue weighted by Gasteiger charge is -2.24. The summed E-state index contributed by atoms with van der Waals surface area (Å²) in [5.41, 5.74) is 2.14. The van der Waals surface area contributed by atoms with Gasteiger partial charge in [-0.05, 0) is 38.8 Å². The zero-order chi connectivity index (χ0) is 14.0. The normalized spacial score (nSPS) is 18.6. The van der Waals surface area contributed by atoms with E-state index in [-0.39, 0.29) is 18.4 Å². The first-order chi connectivity index (χ1) is 8.99. The van der Waals surface area contributed by atoms with Crippen LogP contribution in [0.1, 0.15) is 41.0 Å². The standard InChI is InChI=1S/C14H18N2O3/c1-9-5-6-12(10(2)15-9)14(19)16-7-3-4-11(16)8-13(17)18/h5-6,11H,3-4,7-8H2,1-2H3,(H,17,18). The smallest absolute Gasteiger partial charge is 0.305 e. The summed E-state index contributed by atoms with van der Waals surface area (Å²) in [5.74, 6) is -0.961. The molecule has 2 heterocycles. The molecule has 0 radical (unpaired) electrons. The molecule has 1 aromatic heterocycles. The second kappa shape index (κ2) is 5.38. The van der Waals surface area contributed by atoms with Gasteiger partial charge in [0.1, 0.15) is 0 Å². The Morgan fingerprint density at radius 2 is 2.16 bits per heavy atom. The lowest BCUT2D eigenvalue weighted by molar-refractivity contribution is -0.137. The van der Waals surface area contributed by atoms with Crippen molar-refractivity contribution in [3.63, 3.8) is 0 Å². The number of aliphatic carboxylic acids is 1. The van der Waals surface area contributed by atoms with Gasteiger partial charge < -0.3 is 10.0 Å². The van der Waals surface area contributed by atoms with Crippen LogP contribution < -0.4 is 0 Å². The van der Waals surface area contributed by atoms with Gasteiger partial charge in [-0.1, -0.05) is 0 Å². The molecule has 1 aliphatic heterocycles. The highest BCUT2D eigenvalue weighted by Gasteiger charge is 2.31. The number of carboxylic acid groups (broad SMARTS) is 1. The SMILES string of the molecule is Cc1ccc(C(=O)N2CCCC2CC(=O)O)c(C)n1. The molecule has 102 valence electrons. The molecule has 0 aliphatic carbocycles. The Kier molecular flexibility index (Phi) is 3.83. The van der Waals surface area contributed by atoms with Gasteiger partial charge in [0.15, 0.2) is 0 Å². The van der Waals surface area contributed by atoms with E-state index in [1.165, 1.54) is 0 Å². The zero-order valence-electron chi connectivity index (χ0n) is 11.2.